The molecule has 0 bridgehead atoms. The molecule has 1 aromatic carbocycles. The number of pyridine rings is 1. The van der Waals surface area contributed by atoms with Crippen molar-refractivity contribution in [1.29, 1.82) is 0 Å². The number of nitrogens with one attached hydrogen (secondary N) is 1. The Morgan fingerprint density at radius 2 is 1.84 bits per heavy atom. The van der Waals surface area contributed by atoms with E-state index in [1.165, 1.54) is 5.69 Å². The van der Waals surface area contributed by atoms with Crippen LogP contribution in [-0.4, -0.2) is 31.4 Å². The van der Waals surface area contributed by atoms with Gasteiger partial charge in [-0.2, -0.15) is 5.10 Å². The molecule has 0 saturated heterocycles. The Hall–Kier alpha value is -3.35. The van der Waals surface area contributed by atoms with Crippen LogP contribution in [0.3, 0.4) is 0 Å². The normalized spacial score (nSPS) is 19.0. The molecule has 5 rings (SSSR count). The number of rotatable bonds is 5. The molecule has 0 radical (unpaired) electrons. The van der Waals surface area contributed by atoms with E-state index in [1.807, 2.05) is 41.9 Å². The number of benzene rings is 1. The van der Waals surface area contributed by atoms with E-state index in [4.69, 9.17) is 4.74 Å². The van der Waals surface area contributed by atoms with Crippen LogP contribution >= 0.6 is 0 Å². The highest BCUT2D eigenvalue weighted by Gasteiger charge is 2.25. The van der Waals surface area contributed by atoms with Crippen LogP contribution in [0.15, 0.2) is 53.6 Å². The number of aromatic nitrogens is 5. The third kappa shape index (κ3) is 3.65. The number of aromatic amines is 1. The number of ether oxygens (including phenoxy) is 1. The minimum absolute atomic E-state index is 0.0425. The number of imidazole rings is 1. The van der Waals surface area contributed by atoms with E-state index in [0.717, 1.165) is 60.3 Å². The van der Waals surface area contributed by atoms with E-state index in [1.54, 1.807) is 24.1 Å². The summed E-state index contributed by atoms with van der Waals surface area (Å²) in [6, 6.07) is 12.0. The van der Waals surface area contributed by atoms with Crippen LogP contribution < -0.4 is 10.4 Å². The van der Waals surface area contributed by atoms with Gasteiger partial charge in [0.25, 0.3) is 0 Å². The molecule has 4 aromatic rings. The average Bonchev–Trinajstić information content (AvgIpc) is 3.40. The lowest BCUT2D eigenvalue weighted by Gasteiger charge is -2.28. The zero-order valence-corrected chi connectivity index (χ0v) is 17.9. The summed E-state index contributed by atoms with van der Waals surface area (Å²) in [5.41, 5.74) is 5.19. The summed E-state index contributed by atoms with van der Waals surface area (Å²) in [7, 11) is 3.49. The summed E-state index contributed by atoms with van der Waals surface area (Å²) in [6.07, 6.45) is 7.98. The molecule has 1 saturated carbocycles. The van der Waals surface area contributed by atoms with Crippen LogP contribution in [-0.2, 0) is 13.6 Å². The number of hydrogen-bond acceptors (Lipinski definition) is 4. The lowest BCUT2D eigenvalue weighted by atomic mass is 9.80. The van der Waals surface area contributed by atoms with Crippen molar-refractivity contribution in [1.82, 2.24) is 24.3 Å². The molecule has 7 heteroatoms. The van der Waals surface area contributed by atoms with Crippen LogP contribution in [0.2, 0.25) is 0 Å². The summed E-state index contributed by atoms with van der Waals surface area (Å²) in [5.74, 6) is 1.76. The Morgan fingerprint density at radius 1 is 1.06 bits per heavy atom. The van der Waals surface area contributed by atoms with Gasteiger partial charge in [0.05, 0.1) is 23.8 Å². The maximum absolute atomic E-state index is 12.9. The van der Waals surface area contributed by atoms with Crippen molar-refractivity contribution < 1.29 is 4.74 Å². The molecule has 0 amide bonds. The predicted molar refractivity (Wildman–Crippen MR) is 120 cm³/mol. The monoisotopic (exact) mass is 417 g/mol. The van der Waals surface area contributed by atoms with E-state index in [2.05, 4.69) is 21.2 Å². The fourth-order valence-corrected chi connectivity index (χ4v) is 4.82. The van der Waals surface area contributed by atoms with Gasteiger partial charge in [0.2, 0.25) is 0 Å². The summed E-state index contributed by atoms with van der Waals surface area (Å²) < 4.78 is 9.02. The molecule has 160 valence electrons. The Balaban J connectivity index is 1.29. The van der Waals surface area contributed by atoms with Crippen LogP contribution in [0.4, 0.5) is 0 Å². The van der Waals surface area contributed by atoms with Gasteiger partial charge in [-0.25, -0.2) is 4.79 Å². The Labute approximate surface area is 180 Å². The van der Waals surface area contributed by atoms with Gasteiger partial charge >= 0.3 is 5.69 Å². The fraction of sp³-hybridized carbons (Fsp3) is 0.375. The standard InChI is InChI=1S/C24H27N5O2/c1-28-22-8-7-19(31-2)13-23(22)29(24(28)30)15-16-3-5-17(6-4-16)20-14-21(27-26-20)18-9-11-25-12-10-18/h7-14,16-17H,3-6,15H2,1-2H3,(H,26,27). The largest absolute Gasteiger partial charge is 0.497 e. The number of hydrogen-bond donors (Lipinski definition) is 1. The summed E-state index contributed by atoms with van der Waals surface area (Å²) in [6.45, 7) is 0.751. The Morgan fingerprint density at radius 3 is 2.58 bits per heavy atom. The van der Waals surface area contributed by atoms with Gasteiger partial charge in [0.1, 0.15) is 5.75 Å². The smallest absolute Gasteiger partial charge is 0.328 e. The zero-order chi connectivity index (χ0) is 21.4. The minimum atomic E-state index is 0.0425. The molecule has 3 aromatic heterocycles. The molecule has 0 aliphatic heterocycles. The maximum atomic E-state index is 12.9. The maximum Gasteiger partial charge on any atom is 0.328 e. The lowest BCUT2D eigenvalue weighted by Crippen LogP contribution is -2.27. The van der Waals surface area contributed by atoms with Crippen LogP contribution in [0.5, 0.6) is 5.75 Å². The minimum Gasteiger partial charge on any atom is -0.497 e. The number of aryl methyl sites for hydroxylation is 1. The summed E-state index contributed by atoms with van der Waals surface area (Å²) >= 11 is 0. The van der Waals surface area contributed by atoms with Crippen molar-refractivity contribution in [2.75, 3.05) is 7.11 Å². The SMILES string of the molecule is COc1ccc2c(c1)n(CC1CCC(c3cc(-c4ccncc4)n[nH]3)CC1)c(=O)n2C. The molecule has 1 aliphatic carbocycles. The molecule has 0 atom stereocenters. The van der Waals surface area contributed by atoms with Gasteiger partial charge in [0, 0.05) is 49.2 Å². The first-order valence-electron chi connectivity index (χ1n) is 10.8. The van der Waals surface area contributed by atoms with Gasteiger partial charge < -0.3 is 4.74 Å². The Bertz CT molecular complexity index is 1250. The van der Waals surface area contributed by atoms with Crippen LogP contribution in [0.25, 0.3) is 22.3 Å². The number of methoxy groups -OCH3 is 1. The highest BCUT2D eigenvalue weighted by atomic mass is 16.5. The number of H-pyrrole nitrogens is 1. The quantitative estimate of drug-likeness (QED) is 0.530. The Kier molecular flexibility index (Phi) is 5.10. The number of nitrogens with zero attached hydrogens (tertiary/aromatic N) is 4. The van der Waals surface area contributed by atoms with Crippen molar-refractivity contribution >= 4 is 11.0 Å². The zero-order valence-electron chi connectivity index (χ0n) is 17.9. The lowest BCUT2D eigenvalue weighted by molar-refractivity contribution is 0.291. The highest BCUT2D eigenvalue weighted by molar-refractivity contribution is 5.77. The second-order valence-electron chi connectivity index (χ2n) is 8.47. The van der Waals surface area contributed by atoms with Gasteiger partial charge in [-0.15, -0.1) is 0 Å². The van der Waals surface area contributed by atoms with E-state index >= 15 is 0 Å². The van der Waals surface area contributed by atoms with Crippen LogP contribution in [0.1, 0.15) is 37.3 Å². The molecule has 7 nitrogen and oxygen atoms in total. The fourth-order valence-electron chi connectivity index (χ4n) is 4.82. The highest BCUT2D eigenvalue weighted by Crippen LogP contribution is 2.37. The molecule has 1 N–H and O–H groups in total. The first kappa shape index (κ1) is 19.6. The predicted octanol–water partition coefficient (Wildman–Crippen LogP) is 4.11. The molecule has 0 spiro atoms. The second-order valence-corrected chi connectivity index (χ2v) is 8.47. The molecular weight excluding hydrogens is 390 g/mol. The molecule has 0 unspecified atom stereocenters. The first-order valence-corrected chi connectivity index (χ1v) is 10.8. The van der Waals surface area contributed by atoms with E-state index in [9.17, 15) is 4.79 Å². The van der Waals surface area contributed by atoms with Gasteiger partial charge in [0.15, 0.2) is 0 Å². The molecule has 31 heavy (non-hydrogen) atoms. The van der Waals surface area contributed by atoms with Gasteiger partial charge in [-0.3, -0.25) is 19.2 Å². The van der Waals surface area contributed by atoms with Crippen molar-refractivity contribution in [2.24, 2.45) is 13.0 Å². The van der Waals surface area contributed by atoms with Gasteiger partial charge in [-0.05, 0) is 61.9 Å². The average molecular weight is 418 g/mol. The first-order chi connectivity index (χ1) is 15.1. The molecular formula is C24H27N5O2. The van der Waals surface area contributed by atoms with Crippen molar-refractivity contribution in [3.8, 4) is 17.0 Å². The van der Waals surface area contributed by atoms with Crippen LogP contribution in [0, 0.1) is 5.92 Å². The van der Waals surface area contributed by atoms with E-state index in [-0.39, 0.29) is 5.69 Å². The topological polar surface area (TPSA) is 77.7 Å². The van der Waals surface area contributed by atoms with Gasteiger partial charge in [-0.1, -0.05) is 0 Å². The summed E-state index contributed by atoms with van der Waals surface area (Å²) in [5, 5.41) is 7.75. The summed E-state index contributed by atoms with van der Waals surface area (Å²) in [4.78, 5) is 16.9. The van der Waals surface area contributed by atoms with E-state index in [0.29, 0.717) is 11.8 Å². The number of fused-ring (bicyclic) bond motifs is 1. The van der Waals surface area contributed by atoms with Crippen molar-refractivity contribution in [2.45, 2.75) is 38.1 Å². The van der Waals surface area contributed by atoms with E-state index < -0.39 is 0 Å². The second kappa shape index (κ2) is 8.06. The molecule has 1 fully saturated rings. The molecule has 3 heterocycles. The van der Waals surface area contributed by atoms with Crippen molar-refractivity contribution in [3.05, 3.63) is 65.0 Å². The third-order valence-corrected chi connectivity index (χ3v) is 6.65. The van der Waals surface area contributed by atoms with Crippen molar-refractivity contribution in [3.63, 3.8) is 0 Å². The molecule has 1 aliphatic rings. The third-order valence-electron chi connectivity index (χ3n) is 6.65.